The van der Waals surface area contributed by atoms with Crippen molar-refractivity contribution in [1.29, 1.82) is 5.26 Å². The maximum Gasteiger partial charge on any atom is 0.141 e. The third-order valence-electron chi connectivity index (χ3n) is 6.29. The average molecular weight is 364 g/mol. The summed E-state index contributed by atoms with van der Waals surface area (Å²) in [7, 11) is 0. The van der Waals surface area contributed by atoms with Gasteiger partial charge in [0.1, 0.15) is 11.9 Å². The number of nitrogen functional groups attached to an aromatic ring is 1. The van der Waals surface area contributed by atoms with Crippen molar-refractivity contribution in [2.75, 3.05) is 32.0 Å². The van der Waals surface area contributed by atoms with Crippen molar-refractivity contribution in [3.8, 4) is 17.3 Å². The molecular formula is C20H24N6O. The molecule has 3 fully saturated rings. The second-order valence-corrected chi connectivity index (χ2v) is 8.26. The molecule has 7 nitrogen and oxygen atoms in total. The van der Waals surface area contributed by atoms with Crippen LogP contribution in [0, 0.1) is 23.2 Å². The van der Waals surface area contributed by atoms with E-state index in [1.165, 1.54) is 18.8 Å². The zero-order valence-corrected chi connectivity index (χ0v) is 15.7. The number of nitrogens with zero attached hydrogens (tertiary/aromatic N) is 5. The van der Waals surface area contributed by atoms with E-state index in [2.05, 4.69) is 40.5 Å². The zero-order chi connectivity index (χ0) is 18.7. The Hall–Kier alpha value is -2.43. The molecule has 1 aliphatic carbocycles. The van der Waals surface area contributed by atoms with Crippen LogP contribution in [-0.4, -0.2) is 52.0 Å². The van der Waals surface area contributed by atoms with Gasteiger partial charge < -0.3 is 10.5 Å². The summed E-state index contributed by atoms with van der Waals surface area (Å²) in [5.74, 6) is 2.31. The number of rotatable bonds is 4. The molecule has 2 N–H and O–H groups in total. The predicted molar refractivity (Wildman–Crippen MR) is 101 cm³/mol. The van der Waals surface area contributed by atoms with Crippen molar-refractivity contribution in [2.45, 2.75) is 31.8 Å². The molecule has 140 valence electrons. The van der Waals surface area contributed by atoms with Gasteiger partial charge >= 0.3 is 0 Å². The molecular weight excluding hydrogens is 340 g/mol. The van der Waals surface area contributed by atoms with Crippen LogP contribution in [0.15, 0.2) is 18.3 Å². The van der Waals surface area contributed by atoms with Crippen LogP contribution in [0.5, 0.6) is 0 Å². The maximum atomic E-state index is 9.23. The molecule has 0 aromatic carbocycles. The summed E-state index contributed by atoms with van der Waals surface area (Å²) in [4.78, 5) is 6.75. The Balaban J connectivity index is 1.42. The standard InChI is InChI=1S/C20H24N6O/c1-11(2)26-18(19-15-7-25(8-16(15)19)14-9-27-10-14)4-17(24-26)13-3-12(5-21)20(22)23-6-13/h3-4,6,11,14-16,19H,7-10H2,1-2H3,(H2,22,23)/t15-,16+,19?. The number of anilines is 1. The van der Waals surface area contributed by atoms with Gasteiger partial charge in [0.05, 0.1) is 30.5 Å². The minimum Gasteiger partial charge on any atom is -0.383 e. The number of aromatic nitrogens is 3. The fourth-order valence-corrected chi connectivity index (χ4v) is 4.65. The Kier molecular flexibility index (Phi) is 3.74. The van der Waals surface area contributed by atoms with Crippen LogP contribution in [0.1, 0.15) is 37.1 Å². The Morgan fingerprint density at radius 1 is 1.26 bits per heavy atom. The highest BCUT2D eigenvalue weighted by atomic mass is 16.5. The van der Waals surface area contributed by atoms with Gasteiger partial charge in [-0.1, -0.05) is 0 Å². The van der Waals surface area contributed by atoms with Gasteiger partial charge in [0.2, 0.25) is 0 Å². The lowest BCUT2D eigenvalue weighted by Crippen LogP contribution is -2.48. The van der Waals surface area contributed by atoms with Crippen molar-refractivity contribution >= 4 is 5.82 Å². The topological polar surface area (TPSA) is 93.0 Å². The monoisotopic (exact) mass is 364 g/mol. The SMILES string of the molecule is CC(C)n1nc(-c2cnc(N)c(C#N)c2)cc1C1[C@H]2CN(C3COC3)C[C@@H]12. The number of nitrogens with two attached hydrogens (primary N) is 1. The summed E-state index contributed by atoms with van der Waals surface area (Å²) in [5.41, 5.74) is 9.19. The van der Waals surface area contributed by atoms with E-state index in [1.807, 2.05) is 0 Å². The first kappa shape index (κ1) is 16.7. The molecule has 2 aromatic rings. The Morgan fingerprint density at radius 2 is 2.00 bits per heavy atom. The van der Waals surface area contributed by atoms with Crippen LogP contribution in [-0.2, 0) is 4.74 Å². The minimum atomic E-state index is 0.265. The number of piperidine rings is 1. The highest BCUT2D eigenvalue weighted by Crippen LogP contribution is 2.59. The number of fused-ring (bicyclic) bond motifs is 1. The molecule has 3 atom stereocenters. The molecule has 2 aliphatic heterocycles. The summed E-state index contributed by atoms with van der Waals surface area (Å²) in [6.45, 7) is 8.46. The maximum absolute atomic E-state index is 9.23. The number of ether oxygens (including phenoxy) is 1. The number of hydrogen-bond acceptors (Lipinski definition) is 6. The van der Waals surface area contributed by atoms with Gasteiger partial charge in [-0.3, -0.25) is 9.58 Å². The van der Waals surface area contributed by atoms with E-state index in [-0.39, 0.29) is 5.82 Å². The van der Waals surface area contributed by atoms with Crippen LogP contribution in [0.3, 0.4) is 0 Å². The van der Waals surface area contributed by atoms with Gasteiger partial charge in [-0.25, -0.2) is 4.98 Å². The van der Waals surface area contributed by atoms with Crippen LogP contribution in [0.2, 0.25) is 0 Å². The van der Waals surface area contributed by atoms with E-state index < -0.39 is 0 Å². The molecule has 4 heterocycles. The van der Waals surface area contributed by atoms with E-state index >= 15 is 0 Å². The summed E-state index contributed by atoms with van der Waals surface area (Å²) >= 11 is 0. The molecule has 7 heteroatoms. The van der Waals surface area contributed by atoms with Crippen LogP contribution < -0.4 is 5.73 Å². The molecule has 1 unspecified atom stereocenters. The van der Waals surface area contributed by atoms with Crippen LogP contribution in [0.4, 0.5) is 5.82 Å². The second-order valence-electron chi connectivity index (χ2n) is 8.26. The molecule has 0 radical (unpaired) electrons. The molecule has 27 heavy (non-hydrogen) atoms. The lowest BCUT2D eigenvalue weighted by atomic mass is 10.1. The summed E-state index contributed by atoms with van der Waals surface area (Å²) in [6, 6.07) is 7.01. The highest BCUT2D eigenvalue weighted by molar-refractivity contribution is 5.64. The fourth-order valence-electron chi connectivity index (χ4n) is 4.65. The third kappa shape index (κ3) is 2.63. The Morgan fingerprint density at radius 3 is 2.59 bits per heavy atom. The van der Waals surface area contributed by atoms with E-state index in [0.29, 0.717) is 23.6 Å². The highest BCUT2D eigenvalue weighted by Gasteiger charge is 2.58. The number of nitriles is 1. The summed E-state index contributed by atoms with van der Waals surface area (Å²) in [6.07, 6.45) is 1.71. The quantitative estimate of drug-likeness (QED) is 0.892. The van der Waals surface area contributed by atoms with Gasteiger partial charge in [-0.05, 0) is 37.8 Å². The molecule has 0 amide bonds. The first-order chi connectivity index (χ1) is 13.1. The fraction of sp³-hybridized carbons (Fsp3) is 0.550. The van der Waals surface area contributed by atoms with Crippen LogP contribution in [0.25, 0.3) is 11.3 Å². The van der Waals surface area contributed by atoms with E-state index in [9.17, 15) is 5.26 Å². The Bertz CT molecular complexity index is 913. The lowest BCUT2D eigenvalue weighted by Gasteiger charge is -2.35. The Labute approximate surface area is 158 Å². The van der Waals surface area contributed by atoms with Crippen molar-refractivity contribution in [3.63, 3.8) is 0 Å². The predicted octanol–water partition coefficient (Wildman–Crippen LogP) is 2.02. The number of hydrogen-bond donors (Lipinski definition) is 1. The van der Waals surface area contributed by atoms with Gasteiger partial charge in [0.25, 0.3) is 0 Å². The van der Waals surface area contributed by atoms with Gasteiger partial charge in [0.15, 0.2) is 0 Å². The van der Waals surface area contributed by atoms with Crippen molar-refractivity contribution in [3.05, 3.63) is 29.6 Å². The first-order valence-electron chi connectivity index (χ1n) is 9.64. The first-order valence-corrected chi connectivity index (χ1v) is 9.64. The summed E-state index contributed by atoms with van der Waals surface area (Å²) in [5, 5.41) is 14.1. The van der Waals surface area contributed by atoms with Gasteiger partial charge in [-0.15, -0.1) is 0 Å². The molecule has 0 bridgehead atoms. The largest absolute Gasteiger partial charge is 0.383 e. The van der Waals surface area contributed by atoms with Crippen LogP contribution >= 0.6 is 0 Å². The normalized spacial score (nSPS) is 27.4. The minimum absolute atomic E-state index is 0.265. The number of likely N-dealkylation sites (tertiary alicyclic amines) is 1. The molecule has 2 saturated heterocycles. The van der Waals surface area contributed by atoms with Gasteiger partial charge in [0, 0.05) is 42.5 Å². The molecule has 2 aromatic heterocycles. The lowest BCUT2D eigenvalue weighted by molar-refractivity contribution is -0.0610. The van der Waals surface area contributed by atoms with Gasteiger partial charge in [-0.2, -0.15) is 10.4 Å². The van der Waals surface area contributed by atoms with E-state index in [0.717, 1.165) is 36.3 Å². The average Bonchev–Trinajstić information content (AvgIpc) is 2.98. The smallest absolute Gasteiger partial charge is 0.141 e. The molecule has 5 rings (SSSR count). The molecule has 3 aliphatic rings. The molecule has 0 spiro atoms. The number of pyridine rings is 1. The second kappa shape index (κ2) is 6.04. The van der Waals surface area contributed by atoms with Crippen molar-refractivity contribution in [1.82, 2.24) is 19.7 Å². The van der Waals surface area contributed by atoms with Crippen molar-refractivity contribution < 1.29 is 4.74 Å². The van der Waals surface area contributed by atoms with Crippen molar-refractivity contribution in [2.24, 2.45) is 11.8 Å². The summed E-state index contributed by atoms with van der Waals surface area (Å²) < 4.78 is 7.50. The van der Waals surface area contributed by atoms with E-state index in [1.54, 1.807) is 12.3 Å². The molecule has 1 saturated carbocycles. The van der Waals surface area contributed by atoms with E-state index in [4.69, 9.17) is 15.6 Å². The third-order valence-corrected chi connectivity index (χ3v) is 6.29. The zero-order valence-electron chi connectivity index (χ0n) is 15.7.